The fourth-order valence-electron chi connectivity index (χ4n) is 3.45. The molecule has 2 N–H and O–H groups in total. The number of hydrogen-bond acceptors (Lipinski definition) is 5. The number of carbonyl (C=O) groups excluding carboxylic acids is 1. The number of H-pyrrole nitrogens is 1. The molecule has 0 fully saturated rings. The van der Waals surface area contributed by atoms with Gasteiger partial charge in [-0.15, -0.1) is 11.3 Å². The van der Waals surface area contributed by atoms with Crippen molar-refractivity contribution in [3.8, 4) is 5.69 Å². The molecule has 7 nitrogen and oxygen atoms in total. The molecule has 3 heterocycles. The molecule has 1 amide bonds. The highest BCUT2D eigenvalue weighted by molar-refractivity contribution is 7.17. The SMILES string of the molecule is Cc1cc(=O)[nH]n1-c1ccc(N=CC2C(=O)Nc3ccc4ncsc4c32)cc1. The van der Waals surface area contributed by atoms with Crippen LogP contribution in [0.2, 0.25) is 0 Å². The molecule has 138 valence electrons. The summed E-state index contributed by atoms with van der Waals surface area (Å²) in [5.74, 6) is -0.529. The average molecular weight is 389 g/mol. The molecule has 0 saturated carbocycles. The average Bonchev–Trinajstić information content (AvgIpc) is 3.36. The Labute approximate surface area is 163 Å². The van der Waals surface area contributed by atoms with Gasteiger partial charge in [-0.05, 0) is 43.3 Å². The molecule has 1 atom stereocenters. The molecule has 28 heavy (non-hydrogen) atoms. The van der Waals surface area contributed by atoms with Crippen molar-refractivity contribution in [1.82, 2.24) is 14.8 Å². The van der Waals surface area contributed by atoms with E-state index in [4.69, 9.17) is 0 Å². The zero-order valence-electron chi connectivity index (χ0n) is 14.8. The fraction of sp³-hybridized carbons (Fsp3) is 0.100. The lowest BCUT2D eigenvalue weighted by molar-refractivity contribution is -0.115. The molecular formula is C20H15N5O2S. The van der Waals surface area contributed by atoms with Crippen LogP contribution in [0, 0.1) is 6.92 Å². The molecule has 8 heteroatoms. The zero-order valence-corrected chi connectivity index (χ0v) is 15.7. The van der Waals surface area contributed by atoms with E-state index in [0.29, 0.717) is 0 Å². The van der Waals surface area contributed by atoms with Gasteiger partial charge in [-0.1, -0.05) is 0 Å². The predicted molar refractivity (Wildman–Crippen MR) is 110 cm³/mol. The Bertz CT molecular complexity index is 1300. The zero-order chi connectivity index (χ0) is 19.3. The molecule has 5 rings (SSSR count). The van der Waals surface area contributed by atoms with Crippen LogP contribution in [0.1, 0.15) is 17.2 Å². The number of hydrogen-bond donors (Lipinski definition) is 2. The van der Waals surface area contributed by atoms with E-state index in [1.165, 1.54) is 11.3 Å². The fourth-order valence-corrected chi connectivity index (χ4v) is 4.33. The Hall–Kier alpha value is -3.52. The molecule has 0 saturated heterocycles. The minimum absolute atomic E-state index is 0.0863. The van der Waals surface area contributed by atoms with Crippen LogP contribution in [-0.4, -0.2) is 26.9 Å². The Balaban J connectivity index is 1.46. The van der Waals surface area contributed by atoms with Crippen LogP contribution < -0.4 is 10.9 Å². The van der Waals surface area contributed by atoms with Crippen LogP contribution in [0.15, 0.2) is 57.8 Å². The normalized spacial score (nSPS) is 16.0. The third kappa shape index (κ3) is 2.66. The number of carbonyl (C=O) groups is 1. The highest BCUT2D eigenvalue weighted by Gasteiger charge is 2.31. The van der Waals surface area contributed by atoms with Crippen LogP contribution in [0.5, 0.6) is 0 Å². The number of benzene rings is 2. The van der Waals surface area contributed by atoms with Crippen molar-refractivity contribution < 1.29 is 4.79 Å². The molecule has 1 unspecified atom stereocenters. The van der Waals surface area contributed by atoms with Crippen LogP contribution in [0.25, 0.3) is 15.9 Å². The first-order chi connectivity index (χ1) is 13.6. The summed E-state index contributed by atoms with van der Waals surface area (Å²) in [5.41, 5.74) is 6.69. The van der Waals surface area contributed by atoms with Gasteiger partial charge in [-0.2, -0.15) is 0 Å². The molecular weight excluding hydrogens is 374 g/mol. The van der Waals surface area contributed by atoms with Crippen molar-refractivity contribution in [2.75, 3.05) is 5.32 Å². The summed E-state index contributed by atoms with van der Waals surface area (Å²) in [4.78, 5) is 32.7. The molecule has 2 aromatic heterocycles. The van der Waals surface area contributed by atoms with E-state index >= 15 is 0 Å². The van der Waals surface area contributed by atoms with Crippen molar-refractivity contribution in [2.45, 2.75) is 12.8 Å². The Morgan fingerprint density at radius 2 is 2.00 bits per heavy atom. The van der Waals surface area contributed by atoms with Crippen LogP contribution in [-0.2, 0) is 4.79 Å². The van der Waals surface area contributed by atoms with Crippen LogP contribution in [0.3, 0.4) is 0 Å². The van der Waals surface area contributed by atoms with Gasteiger partial charge in [-0.25, -0.2) is 4.98 Å². The number of aromatic nitrogens is 3. The lowest BCUT2D eigenvalue weighted by Crippen LogP contribution is -2.12. The van der Waals surface area contributed by atoms with Gasteiger partial charge >= 0.3 is 0 Å². The molecule has 2 aromatic carbocycles. The first kappa shape index (κ1) is 16.6. The summed E-state index contributed by atoms with van der Waals surface area (Å²) in [5, 5.41) is 5.67. The Morgan fingerprint density at radius 3 is 2.75 bits per heavy atom. The molecule has 0 aliphatic carbocycles. The van der Waals surface area contributed by atoms with Crippen molar-refractivity contribution >= 4 is 45.0 Å². The molecule has 1 aliphatic heterocycles. The lowest BCUT2D eigenvalue weighted by Gasteiger charge is -2.06. The minimum atomic E-state index is -0.443. The summed E-state index contributed by atoms with van der Waals surface area (Å²) < 4.78 is 2.73. The minimum Gasteiger partial charge on any atom is -0.325 e. The highest BCUT2D eigenvalue weighted by atomic mass is 32.1. The van der Waals surface area contributed by atoms with Crippen LogP contribution >= 0.6 is 11.3 Å². The number of nitrogens with one attached hydrogen (secondary N) is 2. The van der Waals surface area contributed by atoms with E-state index in [0.717, 1.165) is 38.5 Å². The number of nitrogens with zero attached hydrogens (tertiary/aromatic N) is 3. The monoisotopic (exact) mass is 389 g/mol. The summed E-state index contributed by atoms with van der Waals surface area (Å²) >= 11 is 1.53. The first-order valence-electron chi connectivity index (χ1n) is 8.70. The quantitative estimate of drug-likeness (QED) is 0.525. The summed E-state index contributed by atoms with van der Waals surface area (Å²) in [7, 11) is 0. The second kappa shape index (κ2) is 6.28. The van der Waals surface area contributed by atoms with Gasteiger partial charge in [0, 0.05) is 29.2 Å². The molecule has 0 spiro atoms. The number of anilines is 1. The van der Waals surface area contributed by atoms with Crippen molar-refractivity contribution in [1.29, 1.82) is 0 Å². The summed E-state index contributed by atoms with van der Waals surface area (Å²) in [6, 6.07) is 12.8. The molecule has 0 radical (unpaired) electrons. The third-order valence-corrected chi connectivity index (χ3v) is 5.66. The first-order valence-corrected chi connectivity index (χ1v) is 9.58. The predicted octanol–water partition coefficient (Wildman–Crippen LogP) is 3.52. The number of thiazole rings is 1. The van der Waals surface area contributed by atoms with E-state index in [1.54, 1.807) is 22.5 Å². The second-order valence-electron chi connectivity index (χ2n) is 6.59. The van der Waals surface area contributed by atoms with Crippen LogP contribution in [0.4, 0.5) is 11.4 Å². The number of aliphatic imine (C=N–C) groups is 1. The number of aryl methyl sites for hydroxylation is 1. The van der Waals surface area contributed by atoms with Gasteiger partial charge in [0.05, 0.1) is 27.1 Å². The molecule has 4 aromatic rings. The molecule has 0 bridgehead atoms. The summed E-state index contributed by atoms with van der Waals surface area (Å²) in [6.07, 6.45) is 1.68. The Morgan fingerprint density at radius 1 is 1.18 bits per heavy atom. The third-order valence-electron chi connectivity index (χ3n) is 4.78. The highest BCUT2D eigenvalue weighted by Crippen LogP contribution is 2.39. The maximum Gasteiger partial charge on any atom is 0.264 e. The van der Waals surface area contributed by atoms with Crippen molar-refractivity contribution in [2.24, 2.45) is 4.99 Å². The van der Waals surface area contributed by atoms with E-state index in [-0.39, 0.29) is 11.5 Å². The van der Waals surface area contributed by atoms with Crippen molar-refractivity contribution in [3.63, 3.8) is 0 Å². The van der Waals surface area contributed by atoms with Gasteiger partial charge in [0.2, 0.25) is 5.91 Å². The van der Waals surface area contributed by atoms with E-state index in [9.17, 15) is 9.59 Å². The van der Waals surface area contributed by atoms with E-state index < -0.39 is 5.92 Å². The standard InChI is InChI=1S/C20H15N5O2S/c1-11-8-17(26)24-25(11)13-4-2-12(3-5-13)21-9-14-18-15(23-20(14)27)6-7-16-19(18)28-10-22-16/h2-10,14H,1H3,(H,23,27)(H,24,26). The smallest absolute Gasteiger partial charge is 0.264 e. The van der Waals surface area contributed by atoms with Crippen molar-refractivity contribution in [3.05, 3.63) is 69.6 Å². The summed E-state index contributed by atoms with van der Waals surface area (Å²) in [6.45, 7) is 1.86. The number of aromatic amines is 1. The number of amides is 1. The number of rotatable bonds is 3. The maximum absolute atomic E-state index is 12.4. The van der Waals surface area contributed by atoms with Gasteiger partial charge in [-0.3, -0.25) is 24.4 Å². The number of fused-ring (bicyclic) bond motifs is 3. The van der Waals surface area contributed by atoms with Gasteiger partial charge in [0.15, 0.2) is 0 Å². The van der Waals surface area contributed by atoms with Gasteiger partial charge in [0.1, 0.15) is 5.92 Å². The maximum atomic E-state index is 12.4. The molecule has 1 aliphatic rings. The largest absolute Gasteiger partial charge is 0.325 e. The Kier molecular flexibility index (Phi) is 3.73. The topological polar surface area (TPSA) is 92.1 Å². The van der Waals surface area contributed by atoms with E-state index in [2.05, 4.69) is 20.4 Å². The van der Waals surface area contributed by atoms with E-state index in [1.807, 2.05) is 43.3 Å². The lowest BCUT2D eigenvalue weighted by atomic mass is 10.0. The van der Waals surface area contributed by atoms with Gasteiger partial charge < -0.3 is 5.32 Å². The second-order valence-corrected chi connectivity index (χ2v) is 7.44. The van der Waals surface area contributed by atoms with Gasteiger partial charge in [0.25, 0.3) is 5.56 Å².